The predicted octanol–water partition coefficient (Wildman–Crippen LogP) is 3.15. The normalized spacial score (nSPS) is 11.3. The fraction of sp³-hybridized carbons (Fsp3) is 0.286. The van der Waals surface area contributed by atoms with Crippen molar-refractivity contribution >= 4 is 12.0 Å². The van der Waals surface area contributed by atoms with Crippen molar-refractivity contribution in [3.63, 3.8) is 0 Å². The van der Waals surface area contributed by atoms with E-state index in [1.165, 1.54) is 18.2 Å². The molecule has 106 valence electrons. The summed E-state index contributed by atoms with van der Waals surface area (Å²) in [6.45, 7) is 0.291. The fourth-order valence-electron chi connectivity index (χ4n) is 1.37. The highest BCUT2D eigenvalue weighted by atomic mass is 19.3. The number of esters is 1. The van der Waals surface area contributed by atoms with Gasteiger partial charge in [0.2, 0.25) is 0 Å². The number of hydrogen-bond acceptors (Lipinski definition) is 4. The summed E-state index contributed by atoms with van der Waals surface area (Å²) in [6, 6.07) is 7.54. The molecule has 1 aromatic rings. The van der Waals surface area contributed by atoms with Crippen LogP contribution in [0.2, 0.25) is 0 Å². The zero-order valence-corrected chi connectivity index (χ0v) is 11.0. The first-order valence-corrected chi connectivity index (χ1v) is 5.80. The van der Waals surface area contributed by atoms with Crippen LogP contribution in [0, 0.1) is 11.3 Å². The molecule has 0 unspecified atom stereocenters. The molecule has 20 heavy (non-hydrogen) atoms. The van der Waals surface area contributed by atoms with E-state index >= 15 is 0 Å². The van der Waals surface area contributed by atoms with Crippen molar-refractivity contribution in [2.24, 2.45) is 0 Å². The average molecular weight is 281 g/mol. The smallest absolute Gasteiger partial charge is 0.387 e. The van der Waals surface area contributed by atoms with Gasteiger partial charge in [-0.25, -0.2) is 4.79 Å². The molecule has 0 fully saturated rings. The lowest BCUT2D eigenvalue weighted by Crippen LogP contribution is -2.13. The second-order valence-electron chi connectivity index (χ2n) is 4.04. The number of rotatable bonds is 5. The predicted molar refractivity (Wildman–Crippen MR) is 67.9 cm³/mol. The quantitative estimate of drug-likeness (QED) is 0.472. The summed E-state index contributed by atoms with van der Waals surface area (Å²) in [4.78, 5) is 11.6. The van der Waals surface area contributed by atoms with Gasteiger partial charge in [0.15, 0.2) is 0 Å². The monoisotopic (exact) mass is 281 g/mol. The molecular formula is C14H13F2NO3. The minimum Gasteiger partial charge on any atom is -0.459 e. The molecule has 0 radical (unpaired) electrons. The Morgan fingerprint density at radius 2 is 2.00 bits per heavy atom. The van der Waals surface area contributed by atoms with Crippen LogP contribution in [0.1, 0.15) is 19.4 Å². The summed E-state index contributed by atoms with van der Waals surface area (Å²) in [5, 5.41) is 8.94. The van der Waals surface area contributed by atoms with E-state index in [4.69, 9.17) is 10.00 Å². The van der Waals surface area contributed by atoms with Crippen LogP contribution in [0.3, 0.4) is 0 Å². The van der Waals surface area contributed by atoms with Gasteiger partial charge in [0.1, 0.15) is 17.4 Å². The first-order chi connectivity index (χ1) is 9.43. The van der Waals surface area contributed by atoms with E-state index in [1.54, 1.807) is 26.0 Å². The molecule has 0 aliphatic rings. The van der Waals surface area contributed by atoms with E-state index in [9.17, 15) is 13.6 Å². The number of halogens is 2. The molecule has 0 heterocycles. The second-order valence-corrected chi connectivity index (χ2v) is 4.04. The highest BCUT2D eigenvalue weighted by Gasteiger charge is 2.14. The van der Waals surface area contributed by atoms with Crippen molar-refractivity contribution in [2.75, 3.05) is 0 Å². The number of carbonyl (C=O) groups is 1. The SMILES string of the molecule is CC(C)OC(=O)C(C#N)=Cc1ccccc1OC(F)F. The molecule has 6 heteroatoms. The van der Waals surface area contributed by atoms with Crippen LogP contribution >= 0.6 is 0 Å². The maximum Gasteiger partial charge on any atom is 0.387 e. The Morgan fingerprint density at radius 1 is 1.35 bits per heavy atom. The number of carbonyl (C=O) groups excluding carboxylic acids is 1. The first-order valence-electron chi connectivity index (χ1n) is 5.80. The number of nitriles is 1. The molecule has 0 spiro atoms. The molecular weight excluding hydrogens is 268 g/mol. The molecule has 0 saturated carbocycles. The minimum atomic E-state index is -2.99. The third-order valence-electron chi connectivity index (χ3n) is 2.12. The number of benzene rings is 1. The summed E-state index contributed by atoms with van der Waals surface area (Å²) in [5.41, 5.74) is -0.0888. The lowest BCUT2D eigenvalue weighted by atomic mass is 10.1. The maximum absolute atomic E-state index is 12.3. The van der Waals surface area contributed by atoms with Crippen molar-refractivity contribution in [1.29, 1.82) is 5.26 Å². The average Bonchev–Trinajstić information content (AvgIpc) is 2.36. The molecule has 1 aromatic carbocycles. The number of nitrogens with zero attached hydrogens (tertiary/aromatic N) is 1. The van der Waals surface area contributed by atoms with Gasteiger partial charge < -0.3 is 9.47 Å². The van der Waals surface area contributed by atoms with Gasteiger partial charge in [-0.2, -0.15) is 14.0 Å². The molecule has 0 aliphatic carbocycles. The molecule has 0 bridgehead atoms. The van der Waals surface area contributed by atoms with Gasteiger partial charge in [-0.1, -0.05) is 18.2 Å². The number of alkyl halides is 2. The van der Waals surface area contributed by atoms with Gasteiger partial charge in [0.25, 0.3) is 0 Å². The molecule has 0 atom stereocenters. The third-order valence-corrected chi connectivity index (χ3v) is 2.12. The van der Waals surface area contributed by atoms with E-state index in [0.29, 0.717) is 0 Å². The summed E-state index contributed by atoms with van der Waals surface area (Å²) < 4.78 is 33.7. The zero-order chi connectivity index (χ0) is 15.1. The highest BCUT2D eigenvalue weighted by molar-refractivity contribution is 5.98. The summed E-state index contributed by atoms with van der Waals surface area (Å²) in [5.74, 6) is -0.929. The minimum absolute atomic E-state index is 0.118. The van der Waals surface area contributed by atoms with Crippen LogP contribution in [-0.4, -0.2) is 18.7 Å². The van der Waals surface area contributed by atoms with Gasteiger partial charge in [-0.15, -0.1) is 0 Å². The van der Waals surface area contributed by atoms with Crippen LogP contribution < -0.4 is 4.74 Å². The van der Waals surface area contributed by atoms with Crippen LogP contribution in [-0.2, 0) is 9.53 Å². The molecule has 0 saturated heterocycles. The third kappa shape index (κ3) is 4.69. The number of hydrogen-bond donors (Lipinski definition) is 0. The topological polar surface area (TPSA) is 59.3 Å². The van der Waals surface area contributed by atoms with E-state index in [-0.39, 0.29) is 23.0 Å². The maximum atomic E-state index is 12.3. The molecule has 1 rings (SSSR count). The Kier molecular flexibility index (Phi) is 5.66. The van der Waals surface area contributed by atoms with Gasteiger partial charge in [0, 0.05) is 5.56 Å². The fourth-order valence-corrected chi connectivity index (χ4v) is 1.37. The number of para-hydroxylation sites is 1. The van der Waals surface area contributed by atoms with Crippen molar-refractivity contribution in [1.82, 2.24) is 0 Å². The van der Waals surface area contributed by atoms with Gasteiger partial charge in [-0.3, -0.25) is 0 Å². The Morgan fingerprint density at radius 3 is 2.55 bits per heavy atom. The van der Waals surface area contributed by atoms with E-state index in [0.717, 1.165) is 6.08 Å². The van der Waals surface area contributed by atoms with Gasteiger partial charge in [0.05, 0.1) is 6.10 Å². The zero-order valence-electron chi connectivity index (χ0n) is 11.0. The summed E-state index contributed by atoms with van der Waals surface area (Å²) >= 11 is 0. The standard InChI is InChI=1S/C14H13F2NO3/c1-9(2)19-13(18)11(8-17)7-10-5-3-4-6-12(10)20-14(15)16/h3-7,9,14H,1-2H3. The lowest BCUT2D eigenvalue weighted by molar-refractivity contribution is -0.142. The van der Waals surface area contributed by atoms with Gasteiger partial charge >= 0.3 is 12.6 Å². The lowest BCUT2D eigenvalue weighted by Gasteiger charge is -2.09. The van der Waals surface area contributed by atoms with Crippen molar-refractivity contribution in [2.45, 2.75) is 26.6 Å². The molecule has 0 aromatic heterocycles. The van der Waals surface area contributed by atoms with E-state index < -0.39 is 12.6 Å². The Hall–Kier alpha value is -2.42. The molecule has 0 N–H and O–H groups in total. The van der Waals surface area contributed by atoms with Crippen LogP contribution in [0.15, 0.2) is 29.8 Å². The van der Waals surface area contributed by atoms with Crippen molar-refractivity contribution in [3.05, 3.63) is 35.4 Å². The van der Waals surface area contributed by atoms with Gasteiger partial charge in [-0.05, 0) is 26.0 Å². The second kappa shape index (κ2) is 7.24. The Labute approximate surface area is 115 Å². The number of ether oxygens (including phenoxy) is 2. The molecule has 0 aliphatic heterocycles. The molecule has 4 nitrogen and oxygen atoms in total. The Balaban J connectivity index is 3.07. The van der Waals surface area contributed by atoms with Crippen LogP contribution in [0.5, 0.6) is 5.75 Å². The van der Waals surface area contributed by atoms with Crippen molar-refractivity contribution in [3.8, 4) is 11.8 Å². The first kappa shape index (κ1) is 15.6. The Bertz CT molecular complexity index is 548. The van der Waals surface area contributed by atoms with Crippen LogP contribution in [0.25, 0.3) is 6.08 Å². The summed E-state index contributed by atoms with van der Waals surface area (Å²) in [6.07, 6.45) is 0.773. The summed E-state index contributed by atoms with van der Waals surface area (Å²) in [7, 11) is 0. The van der Waals surface area contributed by atoms with Crippen molar-refractivity contribution < 1.29 is 23.0 Å². The van der Waals surface area contributed by atoms with E-state index in [2.05, 4.69) is 4.74 Å². The molecule has 0 amide bonds. The van der Waals surface area contributed by atoms with Crippen LogP contribution in [0.4, 0.5) is 8.78 Å². The van der Waals surface area contributed by atoms with E-state index in [1.807, 2.05) is 0 Å². The highest BCUT2D eigenvalue weighted by Crippen LogP contribution is 2.23. The largest absolute Gasteiger partial charge is 0.459 e.